The zero-order valence-electron chi connectivity index (χ0n) is 18.1. The normalized spacial score (nSPS) is 14.9. The second kappa shape index (κ2) is 13.7. The van der Waals surface area contributed by atoms with Crippen LogP contribution in [0.2, 0.25) is 0 Å². The maximum atomic E-state index is 10.7. The zero-order chi connectivity index (χ0) is 20.1. The minimum Gasteiger partial charge on any atom is -0.356 e. The maximum Gasteiger partial charge on any atom is 0.220 e. The highest BCUT2D eigenvalue weighted by Crippen LogP contribution is 2.33. The number of carbonyl (C=O) groups is 1. The van der Waals surface area contributed by atoms with Crippen LogP contribution in [0.5, 0.6) is 0 Å². The average Bonchev–Trinajstić information content (AvgIpc) is 3.09. The fraction of sp³-hybridized carbons (Fsp3) is 0.810. The van der Waals surface area contributed by atoms with E-state index in [1.807, 2.05) is 34.0 Å². The molecule has 3 N–H and O–H groups in total. The molecule has 27 heavy (non-hydrogen) atoms. The molecule has 1 heterocycles. The number of rotatable bonds is 9. The number of hydrogen-bond acceptors (Lipinski definition) is 4. The summed E-state index contributed by atoms with van der Waals surface area (Å²) in [6.07, 6.45) is 9.47. The summed E-state index contributed by atoms with van der Waals surface area (Å²) in [5.74, 6) is 1.35. The van der Waals surface area contributed by atoms with Gasteiger partial charge in [0, 0.05) is 49.8 Å². The van der Waals surface area contributed by atoms with Crippen molar-refractivity contribution in [3.8, 4) is 0 Å². The molecule has 0 bridgehead atoms. The lowest BCUT2D eigenvalue weighted by atomic mass is 9.85. The summed E-state index contributed by atoms with van der Waals surface area (Å²) in [5.41, 5.74) is 2.78. The van der Waals surface area contributed by atoms with Crippen LogP contribution in [0, 0.1) is 5.92 Å². The number of aromatic amines is 1. The Morgan fingerprint density at radius 3 is 2.63 bits per heavy atom. The molecule has 1 saturated carbocycles. The van der Waals surface area contributed by atoms with E-state index in [4.69, 9.17) is 0 Å². The summed E-state index contributed by atoms with van der Waals surface area (Å²) in [7, 11) is 4.17. The third-order valence-electron chi connectivity index (χ3n) is 4.92. The van der Waals surface area contributed by atoms with Crippen molar-refractivity contribution in [2.24, 2.45) is 5.92 Å². The van der Waals surface area contributed by atoms with Crippen LogP contribution in [0.3, 0.4) is 0 Å². The summed E-state index contributed by atoms with van der Waals surface area (Å²) in [6, 6.07) is 0. The van der Waals surface area contributed by atoms with Gasteiger partial charge in [0.05, 0.1) is 6.20 Å². The van der Waals surface area contributed by atoms with Crippen LogP contribution < -0.4 is 10.6 Å². The monoisotopic (exact) mass is 379 g/mol. The molecule has 0 atom stereocenters. The van der Waals surface area contributed by atoms with Crippen molar-refractivity contribution in [3.63, 3.8) is 0 Å². The molecule has 0 saturated heterocycles. The maximum absolute atomic E-state index is 10.7. The van der Waals surface area contributed by atoms with Crippen LogP contribution in [0.15, 0.2) is 6.20 Å². The molecular weight excluding hydrogens is 338 g/mol. The highest BCUT2D eigenvalue weighted by atomic mass is 16.1. The average molecular weight is 380 g/mol. The highest BCUT2D eigenvalue weighted by molar-refractivity contribution is 5.75. The van der Waals surface area contributed by atoms with Gasteiger partial charge >= 0.3 is 0 Å². The van der Waals surface area contributed by atoms with E-state index in [1.165, 1.54) is 43.4 Å². The van der Waals surface area contributed by atoms with E-state index in [1.54, 1.807) is 0 Å². The fourth-order valence-corrected chi connectivity index (χ4v) is 3.50. The number of nitrogens with one attached hydrogen (secondary N) is 3. The van der Waals surface area contributed by atoms with E-state index < -0.39 is 0 Å². The first-order chi connectivity index (χ1) is 13.0. The molecule has 6 nitrogen and oxygen atoms in total. The summed E-state index contributed by atoms with van der Waals surface area (Å²) in [5, 5.41) is 13.4. The van der Waals surface area contributed by atoms with Gasteiger partial charge in [0.15, 0.2) is 0 Å². The van der Waals surface area contributed by atoms with Crippen molar-refractivity contribution in [1.29, 1.82) is 0 Å². The molecular formula is C21H41N5O. The Hall–Kier alpha value is -1.40. The first-order valence-corrected chi connectivity index (χ1v) is 10.6. The van der Waals surface area contributed by atoms with Crippen LogP contribution in [-0.4, -0.2) is 54.7 Å². The molecule has 2 rings (SSSR count). The van der Waals surface area contributed by atoms with Gasteiger partial charge in [-0.05, 0) is 39.8 Å². The zero-order valence-corrected chi connectivity index (χ0v) is 18.1. The van der Waals surface area contributed by atoms with Gasteiger partial charge < -0.3 is 15.5 Å². The number of hydrogen-bond donors (Lipinski definition) is 3. The summed E-state index contributed by atoms with van der Waals surface area (Å²) < 4.78 is 0. The van der Waals surface area contributed by atoms with E-state index >= 15 is 0 Å². The highest BCUT2D eigenvalue weighted by Gasteiger charge is 2.20. The van der Waals surface area contributed by atoms with Crippen LogP contribution in [-0.2, 0) is 11.3 Å². The SMILES string of the molecule is CCNC(=O)CC(C)C.CNCCN(C)Cc1cn[nH]c1C1CCCCC1. The molecule has 1 aliphatic rings. The topological polar surface area (TPSA) is 73.1 Å². The van der Waals surface area contributed by atoms with Gasteiger partial charge in [0.25, 0.3) is 0 Å². The molecule has 1 aromatic rings. The molecule has 1 aliphatic carbocycles. The molecule has 156 valence electrons. The fourth-order valence-electron chi connectivity index (χ4n) is 3.50. The molecule has 1 amide bonds. The van der Waals surface area contributed by atoms with Gasteiger partial charge in [-0.3, -0.25) is 9.89 Å². The number of likely N-dealkylation sites (N-methyl/N-ethyl adjacent to an activating group) is 2. The van der Waals surface area contributed by atoms with Crippen LogP contribution in [0.25, 0.3) is 0 Å². The summed E-state index contributed by atoms with van der Waals surface area (Å²) in [6.45, 7) is 9.86. The largest absolute Gasteiger partial charge is 0.356 e. The van der Waals surface area contributed by atoms with E-state index in [0.29, 0.717) is 18.3 Å². The standard InChI is InChI=1S/C14H26N4.C7H15NO/c1-15-8-9-18(2)11-13-10-16-17-14(13)12-6-4-3-5-7-12;1-4-8-7(9)5-6(2)3/h10,12,15H,3-9,11H2,1-2H3,(H,16,17);6H,4-5H2,1-3H3,(H,8,9). The smallest absolute Gasteiger partial charge is 0.220 e. The Labute approximate surface area is 165 Å². The van der Waals surface area contributed by atoms with Crippen LogP contribution >= 0.6 is 0 Å². The predicted molar refractivity (Wildman–Crippen MR) is 113 cm³/mol. The van der Waals surface area contributed by atoms with E-state index in [0.717, 1.165) is 26.2 Å². The Bertz CT molecular complexity index is 508. The van der Waals surface area contributed by atoms with Gasteiger partial charge in [0.1, 0.15) is 0 Å². The van der Waals surface area contributed by atoms with Crippen molar-refractivity contribution >= 4 is 5.91 Å². The Balaban J connectivity index is 0.000000345. The van der Waals surface area contributed by atoms with E-state index in [2.05, 4.69) is 32.8 Å². The van der Waals surface area contributed by atoms with Gasteiger partial charge in [-0.2, -0.15) is 5.10 Å². The Kier molecular flexibility index (Phi) is 12.0. The van der Waals surface area contributed by atoms with Crippen LogP contribution in [0.4, 0.5) is 0 Å². The minimum absolute atomic E-state index is 0.160. The molecule has 1 fully saturated rings. The van der Waals surface area contributed by atoms with Gasteiger partial charge in [-0.1, -0.05) is 33.1 Å². The summed E-state index contributed by atoms with van der Waals surface area (Å²) in [4.78, 5) is 13.1. The second-order valence-electron chi connectivity index (χ2n) is 8.04. The number of nitrogens with zero attached hydrogens (tertiary/aromatic N) is 2. The number of aromatic nitrogens is 2. The molecule has 0 aliphatic heterocycles. The molecule has 0 unspecified atom stereocenters. The summed E-state index contributed by atoms with van der Waals surface area (Å²) >= 11 is 0. The first-order valence-electron chi connectivity index (χ1n) is 10.6. The van der Waals surface area contributed by atoms with Gasteiger partial charge in [0.2, 0.25) is 5.91 Å². The number of H-pyrrole nitrogens is 1. The lowest BCUT2D eigenvalue weighted by Gasteiger charge is -2.23. The molecule has 0 aromatic carbocycles. The molecule has 0 spiro atoms. The Morgan fingerprint density at radius 1 is 1.33 bits per heavy atom. The minimum atomic E-state index is 0.160. The predicted octanol–water partition coefficient (Wildman–Crippen LogP) is 3.28. The number of carbonyl (C=O) groups excluding carboxylic acids is 1. The van der Waals surface area contributed by atoms with Crippen molar-refractivity contribution in [1.82, 2.24) is 25.7 Å². The Morgan fingerprint density at radius 2 is 2.04 bits per heavy atom. The van der Waals surface area contributed by atoms with Gasteiger partial charge in [-0.15, -0.1) is 0 Å². The van der Waals surface area contributed by atoms with Crippen molar-refractivity contribution < 1.29 is 4.79 Å². The van der Waals surface area contributed by atoms with E-state index in [-0.39, 0.29) is 5.91 Å². The number of amides is 1. The van der Waals surface area contributed by atoms with Crippen molar-refractivity contribution in [2.75, 3.05) is 33.7 Å². The lowest BCUT2D eigenvalue weighted by Crippen LogP contribution is -2.27. The second-order valence-corrected chi connectivity index (χ2v) is 8.04. The molecule has 0 radical (unpaired) electrons. The first kappa shape index (κ1) is 23.6. The molecule has 6 heteroatoms. The van der Waals surface area contributed by atoms with Crippen LogP contribution in [0.1, 0.15) is 76.5 Å². The third-order valence-corrected chi connectivity index (χ3v) is 4.92. The molecule has 1 aromatic heterocycles. The van der Waals surface area contributed by atoms with Crippen molar-refractivity contribution in [2.45, 2.75) is 71.8 Å². The van der Waals surface area contributed by atoms with E-state index in [9.17, 15) is 4.79 Å². The quantitative estimate of drug-likeness (QED) is 0.616. The lowest BCUT2D eigenvalue weighted by molar-refractivity contribution is -0.121. The van der Waals surface area contributed by atoms with Crippen molar-refractivity contribution in [3.05, 3.63) is 17.5 Å². The third kappa shape index (κ3) is 9.91. The van der Waals surface area contributed by atoms with Gasteiger partial charge in [-0.25, -0.2) is 0 Å².